The van der Waals surface area contributed by atoms with E-state index in [4.69, 9.17) is 0 Å². The molecule has 1 aliphatic rings. The summed E-state index contributed by atoms with van der Waals surface area (Å²) in [7, 11) is 1.77. The van der Waals surface area contributed by atoms with Crippen LogP contribution in [0.2, 0.25) is 0 Å². The third-order valence-corrected chi connectivity index (χ3v) is 4.54. The molecule has 2 unspecified atom stereocenters. The Labute approximate surface area is 138 Å². The average molecular weight is 322 g/mol. The molecule has 1 aromatic heterocycles. The molecule has 23 heavy (non-hydrogen) atoms. The van der Waals surface area contributed by atoms with E-state index in [0.29, 0.717) is 18.3 Å². The summed E-state index contributed by atoms with van der Waals surface area (Å²) in [4.78, 5) is 13.9. The van der Waals surface area contributed by atoms with Crippen LogP contribution < -0.4 is 5.32 Å². The molecule has 1 heterocycles. The highest BCUT2D eigenvalue weighted by Gasteiger charge is 2.25. The van der Waals surface area contributed by atoms with E-state index in [1.807, 2.05) is 16.9 Å². The maximum absolute atomic E-state index is 12.3. The van der Waals surface area contributed by atoms with E-state index >= 15 is 0 Å². The zero-order valence-corrected chi connectivity index (χ0v) is 14.5. The van der Waals surface area contributed by atoms with Crippen molar-refractivity contribution in [1.82, 2.24) is 14.7 Å². The van der Waals surface area contributed by atoms with Gasteiger partial charge in [-0.05, 0) is 25.2 Å². The lowest BCUT2D eigenvalue weighted by molar-refractivity contribution is 0.0575. The van der Waals surface area contributed by atoms with Crippen LogP contribution in [-0.2, 0) is 6.54 Å². The molecule has 2 atom stereocenters. The number of aliphatic hydroxyl groups is 1. The number of nitrogens with one attached hydrogen (secondary N) is 1. The molecule has 6 nitrogen and oxygen atoms in total. The van der Waals surface area contributed by atoms with Gasteiger partial charge in [0.2, 0.25) is 0 Å². The monoisotopic (exact) mass is 322 g/mol. The van der Waals surface area contributed by atoms with E-state index in [9.17, 15) is 9.90 Å². The first kappa shape index (κ1) is 17.8. The van der Waals surface area contributed by atoms with Crippen molar-refractivity contribution in [2.45, 2.75) is 58.6 Å². The predicted octanol–water partition coefficient (Wildman–Crippen LogP) is 2.94. The van der Waals surface area contributed by atoms with Gasteiger partial charge in [-0.3, -0.25) is 10.00 Å². The Bertz CT molecular complexity index is 501. The van der Waals surface area contributed by atoms with Gasteiger partial charge in [0, 0.05) is 38.3 Å². The number of nitrogens with zero attached hydrogens (tertiary/aromatic N) is 3. The minimum Gasteiger partial charge on any atom is -0.393 e. The highest BCUT2D eigenvalue weighted by atomic mass is 16.3. The van der Waals surface area contributed by atoms with Crippen molar-refractivity contribution in [1.29, 1.82) is 0 Å². The van der Waals surface area contributed by atoms with Crippen LogP contribution in [0.5, 0.6) is 0 Å². The predicted molar refractivity (Wildman–Crippen MR) is 91.3 cm³/mol. The molecule has 0 saturated heterocycles. The van der Waals surface area contributed by atoms with Crippen molar-refractivity contribution in [3.63, 3.8) is 0 Å². The average Bonchev–Trinajstić information content (AvgIpc) is 2.95. The second-order valence-electron chi connectivity index (χ2n) is 7.07. The molecule has 1 aromatic rings. The highest BCUT2D eigenvalue weighted by Crippen LogP contribution is 2.25. The Morgan fingerprint density at radius 1 is 1.48 bits per heavy atom. The molecule has 0 bridgehead atoms. The number of aryl methyl sites for hydroxylation is 1. The van der Waals surface area contributed by atoms with Crippen LogP contribution in [-0.4, -0.2) is 45.5 Å². The van der Waals surface area contributed by atoms with Gasteiger partial charge in [-0.15, -0.1) is 0 Å². The van der Waals surface area contributed by atoms with Gasteiger partial charge in [0.05, 0.1) is 6.10 Å². The van der Waals surface area contributed by atoms with E-state index in [2.05, 4.69) is 24.3 Å². The van der Waals surface area contributed by atoms with Crippen molar-refractivity contribution in [3.8, 4) is 0 Å². The maximum Gasteiger partial charge on any atom is 0.322 e. The van der Waals surface area contributed by atoms with Crippen LogP contribution in [0.3, 0.4) is 0 Å². The van der Waals surface area contributed by atoms with Crippen molar-refractivity contribution in [3.05, 3.63) is 12.3 Å². The topological polar surface area (TPSA) is 70.4 Å². The Morgan fingerprint density at radius 2 is 2.22 bits per heavy atom. The van der Waals surface area contributed by atoms with Crippen molar-refractivity contribution < 1.29 is 9.90 Å². The summed E-state index contributed by atoms with van der Waals surface area (Å²) >= 11 is 0. The van der Waals surface area contributed by atoms with Crippen molar-refractivity contribution in [2.75, 3.05) is 18.9 Å². The Kier molecular flexibility index (Phi) is 6.45. The van der Waals surface area contributed by atoms with Gasteiger partial charge < -0.3 is 10.0 Å². The first-order valence-corrected chi connectivity index (χ1v) is 8.69. The number of aliphatic hydroxyl groups excluding tert-OH is 1. The van der Waals surface area contributed by atoms with Crippen LogP contribution in [0.15, 0.2) is 12.3 Å². The van der Waals surface area contributed by atoms with Gasteiger partial charge in [0.15, 0.2) is 5.82 Å². The summed E-state index contributed by atoms with van der Waals surface area (Å²) in [5, 5.41) is 17.2. The number of carbonyl (C=O) groups is 1. The molecule has 6 heteroatoms. The summed E-state index contributed by atoms with van der Waals surface area (Å²) in [6.07, 6.45) is 6.73. The van der Waals surface area contributed by atoms with Gasteiger partial charge >= 0.3 is 6.03 Å². The number of carbonyl (C=O) groups excluding carboxylic acids is 1. The summed E-state index contributed by atoms with van der Waals surface area (Å²) in [5.74, 6) is 1.39. The number of aromatic nitrogens is 2. The van der Waals surface area contributed by atoms with E-state index in [0.717, 1.165) is 38.6 Å². The third kappa shape index (κ3) is 5.53. The second kappa shape index (κ2) is 8.34. The first-order chi connectivity index (χ1) is 11.0. The number of amides is 2. The molecule has 1 fully saturated rings. The fourth-order valence-corrected chi connectivity index (χ4v) is 2.98. The van der Waals surface area contributed by atoms with Gasteiger partial charge in [-0.1, -0.05) is 26.7 Å². The summed E-state index contributed by atoms with van der Waals surface area (Å²) in [6.45, 7) is 5.81. The molecule has 2 N–H and O–H groups in total. The minimum atomic E-state index is -0.283. The molecule has 0 spiro atoms. The fourth-order valence-electron chi connectivity index (χ4n) is 2.98. The number of urea groups is 1. The molecule has 130 valence electrons. The first-order valence-electron chi connectivity index (χ1n) is 8.69. The van der Waals surface area contributed by atoms with Gasteiger partial charge in [0.1, 0.15) is 0 Å². The normalized spacial score (nSPS) is 21.4. The zero-order valence-electron chi connectivity index (χ0n) is 14.5. The van der Waals surface area contributed by atoms with Crippen LogP contribution >= 0.6 is 0 Å². The van der Waals surface area contributed by atoms with Gasteiger partial charge in [0.25, 0.3) is 0 Å². The lowest BCUT2D eigenvalue weighted by Crippen LogP contribution is -2.40. The molecule has 0 radical (unpaired) electrons. The van der Waals surface area contributed by atoms with Crippen molar-refractivity contribution in [2.24, 2.45) is 11.8 Å². The highest BCUT2D eigenvalue weighted by molar-refractivity contribution is 5.88. The molecular weight excluding hydrogens is 292 g/mol. The second-order valence-corrected chi connectivity index (χ2v) is 7.07. The standard InChI is InChI=1S/C17H30N4O2/c1-13(2)8-10-21-11-9-16(19-21)18-17(23)20(3)12-14-6-4-5-7-15(14)22/h9,11,13-15,22H,4-8,10,12H2,1-3H3,(H,18,19,23). The lowest BCUT2D eigenvalue weighted by atomic mass is 9.86. The van der Waals surface area contributed by atoms with E-state index < -0.39 is 0 Å². The minimum absolute atomic E-state index is 0.170. The van der Waals surface area contributed by atoms with E-state index in [1.54, 1.807) is 11.9 Å². The van der Waals surface area contributed by atoms with Crippen LogP contribution in [0.25, 0.3) is 0 Å². The van der Waals surface area contributed by atoms with Gasteiger partial charge in [-0.25, -0.2) is 4.79 Å². The van der Waals surface area contributed by atoms with E-state index in [1.165, 1.54) is 0 Å². The lowest BCUT2D eigenvalue weighted by Gasteiger charge is -2.31. The summed E-state index contributed by atoms with van der Waals surface area (Å²) in [6, 6.07) is 1.65. The maximum atomic E-state index is 12.3. The van der Waals surface area contributed by atoms with E-state index in [-0.39, 0.29) is 18.1 Å². The number of anilines is 1. The summed E-state index contributed by atoms with van der Waals surface area (Å²) in [5.41, 5.74) is 0. The van der Waals surface area contributed by atoms with Crippen LogP contribution in [0.4, 0.5) is 10.6 Å². The number of hydrogen-bond donors (Lipinski definition) is 2. The molecule has 1 aliphatic carbocycles. The molecule has 2 rings (SSSR count). The Hall–Kier alpha value is -1.56. The molecule has 0 aromatic carbocycles. The SMILES string of the molecule is CC(C)CCn1ccc(NC(=O)N(C)CC2CCCCC2O)n1. The number of rotatable bonds is 6. The Morgan fingerprint density at radius 3 is 2.91 bits per heavy atom. The van der Waals surface area contributed by atoms with Crippen molar-refractivity contribution >= 4 is 11.8 Å². The molecule has 0 aliphatic heterocycles. The molecule has 2 amide bonds. The summed E-state index contributed by atoms with van der Waals surface area (Å²) < 4.78 is 1.86. The largest absolute Gasteiger partial charge is 0.393 e. The van der Waals surface area contributed by atoms with Crippen LogP contribution in [0.1, 0.15) is 46.0 Å². The zero-order chi connectivity index (χ0) is 16.8. The Balaban J connectivity index is 1.81. The molecular formula is C17H30N4O2. The van der Waals surface area contributed by atoms with Gasteiger partial charge in [-0.2, -0.15) is 5.10 Å². The fraction of sp³-hybridized carbons (Fsp3) is 0.765. The third-order valence-electron chi connectivity index (χ3n) is 4.54. The quantitative estimate of drug-likeness (QED) is 0.846. The smallest absolute Gasteiger partial charge is 0.322 e. The number of hydrogen-bond acceptors (Lipinski definition) is 3. The van der Waals surface area contributed by atoms with Crippen LogP contribution in [0, 0.1) is 11.8 Å². The molecule has 1 saturated carbocycles.